The van der Waals surface area contributed by atoms with E-state index in [1.165, 1.54) is 6.07 Å². The van der Waals surface area contributed by atoms with Crippen LogP contribution >= 0.6 is 11.6 Å². The van der Waals surface area contributed by atoms with Crippen LogP contribution in [-0.4, -0.2) is 18.4 Å². The monoisotopic (exact) mass is 330 g/mol. The summed E-state index contributed by atoms with van der Waals surface area (Å²) in [6.45, 7) is 0.0743. The molecule has 6 heteroatoms. The van der Waals surface area contributed by atoms with Crippen LogP contribution in [0.25, 0.3) is 0 Å². The molecule has 0 radical (unpaired) electrons. The summed E-state index contributed by atoms with van der Waals surface area (Å²) in [6, 6.07) is 9.89. The zero-order valence-corrected chi connectivity index (χ0v) is 12.7. The summed E-state index contributed by atoms with van der Waals surface area (Å²) in [6.07, 6.45) is 5.10. The van der Waals surface area contributed by atoms with Gasteiger partial charge in [-0.2, -0.15) is 0 Å². The molecule has 2 N–H and O–H groups in total. The van der Waals surface area contributed by atoms with Gasteiger partial charge in [-0.25, -0.2) is 4.39 Å². The molecule has 0 fully saturated rings. The highest BCUT2D eigenvalue weighted by Gasteiger charge is 2.15. The van der Waals surface area contributed by atoms with Crippen molar-refractivity contribution in [3.63, 3.8) is 0 Å². The fourth-order valence-electron chi connectivity index (χ4n) is 1.88. The van der Waals surface area contributed by atoms with E-state index in [1.54, 1.807) is 24.3 Å². The van der Waals surface area contributed by atoms with Crippen molar-refractivity contribution >= 4 is 29.1 Å². The Morgan fingerprint density at radius 2 is 1.87 bits per heavy atom. The Balaban J connectivity index is 2.25. The van der Waals surface area contributed by atoms with E-state index in [-0.39, 0.29) is 22.7 Å². The van der Waals surface area contributed by atoms with E-state index in [9.17, 15) is 14.0 Å². The van der Waals surface area contributed by atoms with Gasteiger partial charge in [-0.1, -0.05) is 29.7 Å². The Morgan fingerprint density at radius 1 is 1.13 bits per heavy atom. The van der Waals surface area contributed by atoms with Gasteiger partial charge >= 0.3 is 0 Å². The van der Waals surface area contributed by atoms with Crippen molar-refractivity contribution in [2.24, 2.45) is 0 Å². The van der Waals surface area contributed by atoms with Crippen LogP contribution in [0.3, 0.4) is 0 Å². The van der Waals surface area contributed by atoms with Crippen molar-refractivity contribution < 1.29 is 14.0 Å². The molecule has 0 spiro atoms. The lowest BCUT2D eigenvalue weighted by atomic mass is 10.1. The smallest absolute Gasteiger partial charge is 0.257 e. The van der Waals surface area contributed by atoms with Gasteiger partial charge in [0.25, 0.3) is 11.8 Å². The molecule has 0 atom stereocenters. The molecule has 2 rings (SSSR count). The Bertz CT molecular complexity index is 799. The minimum atomic E-state index is -0.549. The predicted octanol–water partition coefficient (Wildman–Crippen LogP) is 3.09. The first kappa shape index (κ1) is 16.5. The van der Waals surface area contributed by atoms with E-state index in [0.717, 1.165) is 12.1 Å². The van der Waals surface area contributed by atoms with E-state index >= 15 is 0 Å². The van der Waals surface area contributed by atoms with Gasteiger partial charge < -0.3 is 10.6 Å². The first-order chi connectivity index (χ1) is 11.0. The fraction of sp³-hybridized carbons (Fsp3) is 0.0588. The summed E-state index contributed by atoms with van der Waals surface area (Å²) >= 11 is 5.86. The molecule has 0 aliphatic heterocycles. The highest BCUT2D eigenvalue weighted by atomic mass is 35.5. The van der Waals surface area contributed by atoms with Gasteiger partial charge in [-0.05, 0) is 30.3 Å². The maximum Gasteiger partial charge on any atom is 0.257 e. The van der Waals surface area contributed by atoms with Crippen molar-refractivity contribution in [3.05, 3.63) is 64.4 Å². The maximum absolute atomic E-state index is 13.0. The summed E-state index contributed by atoms with van der Waals surface area (Å²) in [5.41, 5.74) is 0.661. The van der Waals surface area contributed by atoms with Crippen LogP contribution < -0.4 is 10.6 Å². The molecule has 2 aromatic rings. The molecule has 0 aromatic heterocycles. The Morgan fingerprint density at radius 3 is 2.57 bits per heavy atom. The van der Waals surface area contributed by atoms with Crippen LogP contribution in [0.15, 0.2) is 42.5 Å². The van der Waals surface area contributed by atoms with E-state index in [4.69, 9.17) is 18.0 Å². The van der Waals surface area contributed by atoms with E-state index in [2.05, 4.69) is 16.6 Å². The van der Waals surface area contributed by atoms with Crippen LogP contribution in [0.4, 0.5) is 10.1 Å². The van der Waals surface area contributed by atoms with Crippen LogP contribution in [0.2, 0.25) is 5.02 Å². The number of hydrogen-bond acceptors (Lipinski definition) is 2. The minimum Gasteiger partial charge on any atom is -0.341 e. The zero-order valence-electron chi connectivity index (χ0n) is 11.9. The van der Waals surface area contributed by atoms with Crippen molar-refractivity contribution in [1.29, 1.82) is 0 Å². The third-order valence-electron chi connectivity index (χ3n) is 2.95. The molecular weight excluding hydrogens is 319 g/mol. The summed E-state index contributed by atoms with van der Waals surface area (Å²) in [5, 5.41) is 5.09. The van der Waals surface area contributed by atoms with Gasteiger partial charge in [0.1, 0.15) is 5.82 Å². The number of nitrogens with one attached hydrogen (secondary N) is 2. The lowest BCUT2D eigenvalue weighted by Crippen LogP contribution is -2.25. The average molecular weight is 331 g/mol. The Labute approximate surface area is 137 Å². The van der Waals surface area contributed by atoms with E-state index in [1.807, 2.05) is 0 Å². The molecule has 0 aliphatic carbocycles. The Hall–Kier alpha value is -2.84. The number of para-hydroxylation sites is 1. The van der Waals surface area contributed by atoms with Gasteiger partial charge in [0.2, 0.25) is 0 Å². The van der Waals surface area contributed by atoms with Crippen molar-refractivity contribution in [3.8, 4) is 12.3 Å². The normalized spacial score (nSPS) is 9.78. The maximum atomic E-state index is 13.0. The van der Waals surface area contributed by atoms with Crippen molar-refractivity contribution in [2.45, 2.75) is 0 Å². The summed E-state index contributed by atoms with van der Waals surface area (Å²) in [5.74, 6) is 0.792. The third kappa shape index (κ3) is 4.09. The van der Waals surface area contributed by atoms with E-state index in [0.29, 0.717) is 5.69 Å². The molecule has 2 amide bonds. The molecule has 0 saturated carbocycles. The van der Waals surface area contributed by atoms with Gasteiger partial charge in [0, 0.05) is 0 Å². The van der Waals surface area contributed by atoms with Gasteiger partial charge in [-0.3, -0.25) is 9.59 Å². The van der Waals surface area contributed by atoms with E-state index < -0.39 is 17.6 Å². The fourth-order valence-corrected chi connectivity index (χ4v) is 2.13. The number of halogens is 2. The Kier molecular flexibility index (Phi) is 5.34. The SMILES string of the molecule is C#CCNC(=O)c1ccccc1NC(=O)c1ccc(F)cc1Cl. The number of carbonyl (C=O) groups excluding carboxylic acids is 2. The third-order valence-corrected chi connectivity index (χ3v) is 3.26. The lowest BCUT2D eigenvalue weighted by Gasteiger charge is -2.11. The average Bonchev–Trinajstić information content (AvgIpc) is 2.53. The van der Waals surface area contributed by atoms with Crippen molar-refractivity contribution in [1.82, 2.24) is 5.32 Å². The molecule has 116 valence electrons. The zero-order chi connectivity index (χ0) is 16.8. The number of rotatable bonds is 4. The van der Waals surface area contributed by atoms with Gasteiger partial charge in [0.05, 0.1) is 28.4 Å². The number of carbonyl (C=O) groups is 2. The minimum absolute atomic E-state index is 0.0169. The van der Waals surface area contributed by atoms with Gasteiger partial charge in [0.15, 0.2) is 0 Å². The summed E-state index contributed by atoms with van der Waals surface area (Å²) in [7, 11) is 0. The highest BCUT2D eigenvalue weighted by molar-refractivity contribution is 6.34. The lowest BCUT2D eigenvalue weighted by molar-refractivity contribution is 0.0959. The summed E-state index contributed by atoms with van der Waals surface area (Å²) in [4.78, 5) is 24.3. The van der Waals surface area contributed by atoms with Crippen LogP contribution in [0.1, 0.15) is 20.7 Å². The topological polar surface area (TPSA) is 58.2 Å². The standard InChI is InChI=1S/C17H12ClFN2O2/c1-2-9-20-16(22)13-5-3-4-6-15(13)21-17(23)12-8-7-11(19)10-14(12)18/h1,3-8,10H,9H2,(H,20,22)(H,21,23). The second-order valence-electron chi connectivity index (χ2n) is 4.51. The number of terminal acetylenes is 1. The molecule has 0 unspecified atom stereocenters. The van der Waals surface area contributed by atoms with Gasteiger partial charge in [-0.15, -0.1) is 6.42 Å². The van der Waals surface area contributed by atoms with Crippen LogP contribution in [0.5, 0.6) is 0 Å². The predicted molar refractivity (Wildman–Crippen MR) is 87.0 cm³/mol. The van der Waals surface area contributed by atoms with Crippen molar-refractivity contribution in [2.75, 3.05) is 11.9 Å². The number of benzene rings is 2. The molecule has 2 aromatic carbocycles. The molecule has 0 heterocycles. The molecule has 4 nitrogen and oxygen atoms in total. The van der Waals surface area contributed by atoms with Crippen LogP contribution in [-0.2, 0) is 0 Å². The largest absolute Gasteiger partial charge is 0.341 e. The highest BCUT2D eigenvalue weighted by Crippen LogP contribution is 2.21. The molecule has 0 bridgehead atoms. The first-order valence-corrected chi connectivity index (χ1v) is 6.98. The molecule has 0 aliphatic rings. The number of anilines is 1. The second kappa shape index (κ2) is 7.43. The quantitative estimate of drug-likeness (QED) is 0.846. The number of amides is 2. The second-order valence-corrected chi connectivity index (χ2v) is 4.92. The van der Waals surface area contributed by atoms with Crippen LogP contribution in [0, 0.1) is 18.2 Å². The molecule has 23 heavy (non-hydrogen) atoms. The number of hydrogen-bond donors (Lipinski definition) is 2. The molecule has 0 saturated heterocycles. The molecular formula is C17H12ClFN2O2. The summed E-state index contributed by atoms with van der Waals surface area (Å²) < 4.78 is 13.0. The first-order valence-electron chi connectivity index (χ1n) is 6.60.